The molecule has 1 N–H and O–H groups in total. The highest BCUT2D eigenvalue weighted by molar-refractivity contribution is 5.75. The molecule has 0 fully saturated rings. The van der Waals surface area contributed by atoms with Gasteiger partial charge in [0.25, 0.3) is 0 Å². The molecule has 1 amide bonds. The van der Waals surface area contributed by atoms with E-state index in [4.69, 9.17) is 0 Å². The van der Waals surface area contributed by atoms with Crippen molar-refractivity contribution in [3.05, 3.63) is 12.7 Å². The minimum Gasteiger partial charge on any atom is -0.289 e. The van der Waals surface area contributed by atoms with Crippen LogP contribution >= 0.6 is 0 Å². The van der Waals surface area contributed by atoms with Crippen molar-refractivity contribution in [3.8, 4) is 0 Å². The molecule has 0 aliphatic carbocycles. The Labute approximate surface area is 170 Å². The molecule has 0 aromatic carbocycles. The van der Waals surface area contributed by atoms with E-state index in [9.17, 15) is 4.79 Å². The number of hydrogen-bond donors (Lipinski definition) is 1. The number of rotatable bonds is 21. The Morgan fingerprint density at radius 3 is 1.59 bits per heavy atom. The molecule has 0 aliphatic heterocycles. The van der Waals surface area contributed by atoms with Crippen molar-refractivity contribution in [1.29, 1.82) is 0 Å². The minimum absolute atomic E-state index is 0.153. The highest BCUT2D eigenvalue weighted by Gasteiger charge is 2.06. The van der Waals surface area contributed by atoms with Crippen molar-refractivity contribution in [1.82, 2.24) is 10.4 Å². The van der Waals surface area contributed by atoms with Gasteiger partial charge in [-0.2, -0.15) is 0 Å². The molecule has 0 unspecified atom stereocenters. The fraction of sp³-hybridized carbons (Fsp3) is 0.875. The van der Waals surface area contributed by atoms with Crippen LogP contribution in [0, 0.1) is 0 Å². The van der Waals surface area contributed by atoms with Crippen LogP contribution in [0.2, 0.25) is 0 Å². The van der Waals surface area contributed by atoms with E-state index in [0.717, 1.165) is 25.9 Å². The first-order valence-corrected chi connectivity index (χ1v) is 11.9. The van der Waals surface area contributed by atoms with Gasteiger partial charge in [0.1, 0.15) is 0 Å². The molecule has 0 aliphatic rings. The third-order valence-electron chi connectivity index (χ3n) is 5.13. The lowest BCUT2D eigenvalue weighted by atomic mass is 10.0. The lowest BCUT2D eigenvalue weighted by Crippen LogP contribution is -2.42. The summed E-state index contributed by atoms with van der Waals surface area (Å²) in [6.07, 6.45) is 23.9. The van der Waals surface area contributed by atoms with Crippen molar-refractivity contribution < 1.29 is 4.79 Å². The largest absolute Gasteiger partial charge is 0.289 e. The average Bonchev–Trinajstić information content (AvgIpc) is 2.65. The first-order chi connectivity index (χ1) is 13.2. The number of hydrazine groups is 1. The second-order valence-electron chi connectivity index (χ2n) is 7.97. The topological polar surface area (TPSA) is 32.3 Å². The van der Waals surface area contributed by atoms with E-state index in [-0.39, 0.29) is 5.91 Å². The van der Waals surface area contributed by atoms with Gasteiger partial charge in [0, 0.05) is 19.5 Å². The van der Waals surface area contributed by atoms with E-state index in [0.29, 0.717) is 6.42 Å². The number of hydrogen-bond acceptors (Lipinski definition) is 2. The highest BCUT2D eigenvalue weighted by atomic mass is 16.2. The Kier molecular flexibility index (Phi) is 20.8. The van der Waals surface area contributed by atoms with Crippen LogP contribution in [-0.4, -0.2) is 24.0 Å². The smallest absolute Gasteiger partial charge is 0.234 e. The van der Waals surface area contributed by atoms with Gasteiger partial charge < -0.3 is 0 Å². The highest BCUT2D eigenvalue weighted by Crippen LogP contribution is 2.13. The molecule has 0 saturated heterocycles. The quantitative estimate of drug-likeness (QED) is 0.130. The summed E-state index contributed by atoms with van der Waals surface area (Å²) >= 11 is 0. The van der Waals surface area contributed by atoms with Gasteiger partial charge in [0.05, 0.1) is 0 Å². The van der Waals surface area contributed by atoms with E-state index in [2.05, 4.69) is 25.9 Å². The van der Waals surface area contributed by atoms with Crippen LogP contribution in [0.25, 0.3) is 0 Å². The standard InChI is InChI=1S/C24H48N2O/c1-4-7-8-9-10-11-12-13-14-15-16-17-18-19-20-21-24(27)25-26(22-5-2)23-6-3/h5H,2,4,6-23H2,1,3H3,(H,25,27). The molecular weight excluding hydrogens is 332 g/mol. The van der Waals surface area contributed by atoms with E-state index in [1.165, 1.54) is 89.9 Å². The van der Waals surface area contributed by atoms with Gasteiger partial charge in [-0.15, -0.1) is 6.58 Å². The van der Waals surface area contributed by atoms with E-state index < -0.39 is 0 Å². The molecule has 27 heavy (non-hydrogen) atoms. The molecule has 0 rings (SSSR count). The molecule has 0 atom stereocenters. The van der Waals surface area contributed by atoms with Crippen LogP contribution in [0.1, 0.15) is 123 Å². The zero-order valence-electron chi connectivity index (χ0n) is 18.6. The predicted octanol–water partition coefficient (Wildman–Crippen LogP) is 7.18. The van der Waals surface area contributed by atoms with Gasteiger partial charge in [-0.3, -0.25) is 10.2 Å². The maximum atomic E-state index is 11.9. The molecule has 160 valence electrons. The van der Waals surface area contributed by atoms with Crippen LogP contribution < -0.4 is 5.43 Å². The monoisotopic (exact) mass is 380 g/mol. The summed E-state index contributed by atoms with van der Waals surface area (Å²) in [7, 11) is 0. The average molecular weight is 381 g/mol. The summed E-state index contributed by atoms with van der Waals surface area (Å²) in [5, 5.41) is 1.96. The zero-order chi connectivity index (χ0) is 20.0. The SMILES string of the molecule is C=CCN(CCC)NC(=O)CCCCCCCCCCCCCCCCC. The molecule has 0 aromatic rings. The maximum absolute atomic E-state index is 11.9. The van der Waals surface area contributed by atoms with E-state index in [1.807, 2.05) is 11.1 Å². The summed E-state index contributed by atoms with van der Waals surface area (Å²) in [6.45, 7) is 9.75. The zero-order valence-corrected chi connectivity index (χ0v) is 18.6. The summed E-state index contributed by atoms with van der Waals surface area (Å²) in [6, 6.07) is 0. The molecule has 0 aromatic heterocycles. The molecule has 0 radical (unpaired) electrons. The fourth-order valence-electron chi connectivity index (χ4n) is 3.51. The van der Waals surface area contributed by atoms with Crippen LogP contribution in [0.4, 0.5) is 0 Å². The second-order valence-corrected chi connectivity index (χ2v) is 7.97. The summed E-state index contributed by atoms with van der Waals surface area (Å²) < 4.78 is 0. The van der Waals surface area contributed by atoms with Crippen molar-refractivity contribution in [2.75, 3.05) is 13.1 Å². The Morgan fingerprint density at radius 1 is 0.741 bits per heavy atom. The normalized spacial score (nSPS) is 11.1. The van der Waals surface area contributed by atoms with E-state index in [1.54, 1.807) is 0 Å². The summed E-state index contributed by atoms with van der Waals surface area (Å²) in [4.78, 5) is 11.9. The van der Waals surface area contributed by atoms with Crippen molar-refractivity contribution in [3.63, 3.8) is 0 Å². The number of nitrogens with zero attached hydrogens (tertiary/aromatic N) is 1. The number of carbonyl (C=O) groups excluding carboxylic acids is 1. The number of unbranched alkanes of at least 4 members (excludes halogenated alkanes) is 14. The van der Waals surface area contributed by atoms with Crippen molar-refractivity contribution in [2.45, 2.75) is 123 Å². The van der Waals surface area contributed by atoms with Gasteiger partial charge >= 0.3 is 0 Å². The molecule has 3 heteroatoms. The summed E-state index contributed by atoms with van der Waals surface area (Å²) in [5.74, 6) is 0.153. The third kappa shape index (κ3) is 19.7. The molecule has 0 heterocycles. The Hall–Kier alpha value is -0.830. The molecular formula is C24H48N2O. The molecule has 3 nitrogen and oxygen atoms in total. The van der Waals surface area contributed by atoms with Crippen LogP contribution in [0.5, 0.6) is 0 Å². The third-order valence-corrected chi connectivity index (χ3v) is 5.13. The van der Waals surface area contributed by atoms with E-state index >= 15 is 0 Å². The fourth-order valence-corrected chi connectivity index (χ4v) is 3.51. The number of carbonyl (C=O) groups is 1. The predicted molar refractivity (Wildman–Crippen MR) is 120 cm³/mol. The molecule has 0 bridgehead atoms. The van der Waals surface area contributed by atoms with Gasteiger partial charge in [-0.05, 0) is 12.8 Å². The Morgan fingerprint density at radius 2 is 1.19 bits per heavy atom. The van der Waals surface area contributed by atoms with Crippen LogP contribution in [0.15, 0.2) is 12.7 Å². The lowest BCUT2D eigenvalue weighted by Gasteiger charge is -2.20. The lowest BCUT2D eigenvalue weighted by molar-refractivity contribution is -0.125. The summed E-state index contributed by atoms with van der Waals surface area (Å²) in [5.41, 5.74) is 2.99. The molecule has 0 saturated carbocycles. The first-order valence-electron chi connectivity index (χ1n) is 11.9. The van der Waals surface area contributed by atoms with Gasteiger partial charge in [0.15, 0.2) is 0 Å². The van der Waals surface area contributed by atoms with Gasteiger partial charge in [-0.1, -0.05) is 110 Å². The Bertz CT molecular complexity index is 330. The van der Waals surface area contributed by atoms with Gasteiger partial charge in [-0.25, -0.2) is 5.01 Å². The number of amides is 1. The second kappa shape index (κ2) is 21.5. The van der Waals surface area contributed by atoms with Gasteiger partial charge in [0.2, 0.25) is 5.91 Å². The minimum atomic E-state index is 0.153. The maximum Gasteiger partial charge on any atom is 0.234 e. The van der Waals surface area contributed by atoms with Crippen LogP contribution in [0.3, 0.4) is 0 Å². The first kappa shape index (κ1) is 26.2. The Balaban J connectivity index is 3.30. The van der Waals surface area contributed by atoms with Crippen molar-refractivity contribution in [2.24, 2.45) is 0 Å². The molecule has 0 spiro atoms. The number of nitrogens with one attached hydrogen (secondary N) is 1. The van der Waals surface area contributed by atoms with Crippen LogP contribution in [-0.2, 0) is 4.79 Å². The van der Waals surface area contributed by atoms with Crippen molar-refractivity contribution >= 4 is 5.91 Å².